The number of hydrogen-bond donors (Lipinski definition) is 2. The molecule has 3 atom stereocenters. The van der Waals surface area contributed by atoms with Crippen molar-refractivity contribution in [2.45, 2.75) is 33.8 Å². The summed E-state index contributed by atoms with van der Waals surface area (Å²) in [6.07, 6.45) is -4.73. The van der Waals surface area contributed by atoms with Crippen LogP contribution in [-0.2, 0) is 37.1 Å². The lowest BCUT2D eigenvalue weighted by Crippen LogP contribution is -2.33. The average molecular weight is 693 g/mol. The van der Waals surface area contributed by atoms with Crippen LogP contribution < -0.4 is 20.2 Å². The first-order valence-electron chi connectivity index (χ1n) is 13.3. The van der Waals surface area contributed by atoms with E-state index in [1.54, 1.807) is 0 Å². The number of nitrogens with two attached hydrogens (primary N) is 1. The number of nitrogens with zero attached hydrogens (tertiary/aromatic N) is 2. The summed E-state index contributed by atoms with van der Waals surface area (Å²) in [5.41, 5.74) is -0.731. The molecule has 0 unspecified atom stereocenters. The minimum Gasteiger partial charge on any atom is -0.325 e. The normalized spacial score (nSPS) is 19.6. The van der Waals surface area contributed by atoms with Crippen molar-refractivity contribution in [3.8, 4) is 0 Å². The number of nitrogens with one attached hydrogen (secondary N) is 1. The van der Waals surface area contributed by atoms with Crippen molar-refractivity contribution in [2.75, 3.05) is 10.2 Å². The Bertz CT molecular complexity index is 2060. The quantitative estimate of drug-likeness (QED) is 0.228. The summed E-state index contributed by atoms with van der Waals surface area (Å²) < 4.78 is 78.5. The summed E-state index contributed by atoms with van der Waals surface area (Å²) >= 11 is 1.59. The average Bonchev–Trinajstić information content (AvgIpc) is 3.43. The Balaban J connectivity index is 1.37. The number of rotatable bonds is 6. The summed E-state index contributed by atoms with van der Waals surface area (Å²) in [6.45, 7) is -0.526. The van der Waals surface area contributed by atoms with Gasteiger partial charge in [-0.05, 0) is 60.2 Å². The molecular weight excluding hydrogens is 673 g/mol. The summed E-state index contributed by atoms with van der Waals surface area (Å²) in [5.74, 6) is -4.95. The van der Waals surface area contributed by atoms with Crippen molar-refractivity contribution < 1.29 is 40.4 Å². The molecular formula is C29H20F4N4O6S3. The fraction of sp³-hybridized carbons (Fsp3) is 0.172. The molecule has 10 nitrogen and oxygen atoms in total. The number of hydrogen-bond acceptors (Lipinski definition) is 8. The van der Waals surface area contributed by atoms with E-state index < -0.39 is 73.8 Å². The first-order valence-corrected chi connectivity index (χ1v) is 16.5. The van der Waals surface area contributed by atoms with Crippen LogP contribution in [0.25, 0.3) is 0 Å². The maximum absolute atomic E-state index is 13.9. The van der Waals surface area contributed by atoms with Crippen molar-refractivity contribution in [2.24, 2.45) is 11.1 Å². The van der Waals surface area contributed by atoms with Gasteiger partial charge in [-0.2, -0.15) is 13.2 Å². The van der Waals surface area contributed by atoms with Crippen LogP contribution in [0.1, 0.15) is 21.9 Å². The number of aromatic nitrogens is 1. The number of carbonyl (C=O) groups is 3. The molecule has 1 saturated heterocycles. The standard InChI is InChI=1S/C29H20F4N4O6S3/c30-16-6-4-14(5-7-16)21-22-23(26(40)37(25(22)39)18-3-1-2-15(12-18)29(31,32)33)44-27-24(21)45-28(41)36(27)13-20(38)35-17-8-10-19(11-9-17)46(34,42)43/h1-12,21-23H,13H2,(H,35,38)(H2,34,42,43)/t21-,22+,23-/m0/s1. The Kier molecular flexibility index (Phi) is 7.90. The molecule has 0 aliphatic carbocycles. The highest BCUT2D eigenvalue weighted by Gasteiger charge is 2.57. The number of anilines is 2. The van der Waals surface area contributed by atoms with Gasteiger partial charge in [-0.25, -0.2) is 22.8 Å². The minimum atomic E-state index is -4.73. The summed E-state index contributed by atoms with van der Waals surface area (Å²) in [4.78, 5) is 54.1. The maximum Gasteiger partial charge on any atom is 0.416 e. The lowest BCUT2D eigenvalue weighted by atomic mass is 9.83. The van der Waals surface area contributed by atoms with Gasteiger partial charge in [-0.3, -0.25) is 23.7 Å². The van der Waals surface area contributed by atoms with Crippen LogP contribution in [-0.4, -0.2) is 36.0 Å². The van der Waals surface area contributed by atoms with E-state index in [0.29, 0.717) is 21.4 Å². The molecule has 3 heterocycles. The number of fused-ring (bicyclic) bond motifs is 2. The largest absolute Gasteiger partial charge is 0.416 e. The monoisotopic (exact) mass is 692 g/mol. The van der Waals surface area contributed by atoms with Gasteiger partial charge in [0.15, 0.2) is 0 Å². The Labute approximate surface area is 265 Å². The second kappa shape index (κ2) is 11.5. The van der Waals surface area contributed by atoms with Gasteiger partial charge >= 0.3 is 11.0 Å². The molecule has 2 aliphatic heterocycles. The zero-order valence-electron chi connectivity index (χ0n) is 23.0. The van der Waals surface area contributed by atoms with Gasteiger partial charge in [0, 0.05) is 16.5 Å². The Morgan fingerprint density at radius 1 is 0.957 bits per heavy atom. The fourth-order valence-corrected chi connectivity index (χ4v) is 8.72. The van der Waals surface area contributed by atoms with Crippen molar-refractivity contribution in [3.63, 3.8) is 0 Å². The maximum atomic E-state index is 13.9. The molecule has 3 aromatic carbocycles. The SMILES string of the molecule is NS(=O)(=O)c1ccc(NC(=O)Cn2c3c(sc2=O)[C@@H](c2ccc(F)cc2)[C@H]2C(=O)N(c4cccc(C(F)(F)F)c4)C(=O)[C@H]2S3)cc1. The number of amides is 3. The predicted octanol–water partition coefficient (Wildman–Crippen LogP) is 4.15. The lowest BCUT2D eigenvalue weighted by Gasteiger charge is -2.30. The Hall–Kier alpha value is -4.32. The lowest BCUT2D eigenvalue weighted by molar-refractivity contribution is -0.137. The number of thioether (sulfide) groups is 1. The number of imide groups is 1. The Morgan fingerprint density at radius 2 is 1.63 bits per heavy atom. The summed E-state index contributed by atoms with van der Waals surface area (Å²) in [6, 6.07) is 13.9. The van der Waals surface area contributed by atoms with E-state index in [0.717, 1.165) is 51.9 Å². The van der Waals surface area contributed by atoms with E-state index in [9.17, 15) is 45.2 Å². The van der Waals surface area contributed by atoms with Crippen molar-refractivity contribution >= 4 is 62.2 Å². The van der Waals surface area contributed by atoms with Gasteiger partial charge in [0.1, 0.15) is 17.6 Å². The molecule has 0 spiro atoms. The molecule has 0 saturated carbocycles. The van der Waals surface area contributed by atoms with E-state index >= 15 is 0 Å². The molecule has 46 heavy (non-hydrogen) atoms. The number of benzene rings is 3. The number of sulfonamides is 1. The zero-order valence-corrected chi connectivity index (χ0v) is 25.5. The van der Waals surface area contributed by atoms with Crippen LogP contribution in [0.5, 0.6) is 0 Å². The van der Waals surface area contributed by atoms with Crippen LogP contribution in [0.15, 0.2) is 87.5 Å². The van der Waals surface area contributed by atoms with Crippen LogP contribution >= 0.6 is 23.1 Å². The van der Waals surface area contributed by atoms with E-state index in [-0.39, 0.29) is 21.3 Å². The number of carbonyl (C=O) groups excluding carboxylic acids is 3. The van der Waals surface area contributed by atoms with E-state index in [1.807, 2.05) is 0 Å². The number of halogens is 4. The van der Waals surface area contributed by atoms with Crippen LogP contribution in [0.3, 0.4) is 0 Å². The number of primary sulfonamides is 1. The fourth-order valence-electron chi connectivity index (χ4n) is 5.43. The molecule has 3 N–H and O–H groups in total. The molecule has 0 radical (unpaired) electrons. The molecule has 2 aliphatic rings. The highest BCUT2D eigenvalue weighted by molar-refractivity contribution is 8.00. The zero-order chi connectivity index (χ0) is 33.1. The van der Waals surface area contributed by atoms with Crippen molar-refractivity contribution in [3.05, 3.63) is 104 Å². The van der Waals surface area contributed by atoms with Crippen LogP contribution in [0.4, 0.5) is 28.9 Å². The molecule has 4 aromatic rings. The molecule has 238 valence electrons. The van der Waals surface area contributed by atoms with E-state index in [2.05, 4.69) is 5.32 Å². The first-order chi connectivity index (χ1) is 21.6. The topological polar surface area (TPSA) is 149 Å². The van der Waals surface area contributed by atoms with Gasteiger partial charge in [0.05, 0.1) is 27.1 Å². The second-order valence-electron chi connectivity index (χ2n) is 10.4. The Morgan fingerprint density at radius 3 is 2.26 bits per heavy atom. The molecule has 3 amide bonds. The minimum absolute atomic E-state index is 0.179. The molecule has 0 bridgehead atoms. The third-order valence-corrected chi connectivity index (χ3v) is 11.0. The molecule has 6 rings (SSSR count). The third-order valence-electron chi connectivity index (χ3n) is 7.48. The molecule has 1 aromatic heterocycles. The summed E-state index contributed by atoms with van der Waals surface area (Å²) in [5, 5.41) is 6.67. The number of thiazole rings is 1. The number of alkyl halides is 3. The van der Waals surface area contributed by atoms with Gasteiger partial charge in [0.25, 0.3) is 0 Å². The summed E-state index contributed by atoms with van der Waals surface area (Å²) in [7, 11) is -3.97. The van der Waals surface area contributed by atoms with Gasteiger partial charge < -0.3 is 5.32 Å². The van der Waals surface area contributed by atoms with E-state index in [4.69, 9.17) is 5.14 Å². The smallest absolute Gasteiger partial charge is 0.325 e. The van der Waals surface area contributed by atoms with Gasteiger partial charge in [-0.15, -0.1) is 0 Å². The molecule has 1 fully saturated rings. The van der Waals surface area contributed by atoms with E-state index in [1.165, 1.54) is 42.5 Å². The van der Waals surface area contributed by atoms with Gasteiger partial charge in [-0.1, -0.05) is 41.3 Å². The third kappa shape index (κ3) is 5.74. The first kappa shape index (κ1) is 31.7. The highest BCUT2D eigenvalue weighted by Crippen LogP contribution is 2.54. The van der Waals surface area contributed by atoms with Gasteiger partial charge in [0.2, 0.25) is 27.7 Å². The molecule has 17 heteroatoms. The van der Waals surface area contributed by atoms with Crippen LogP contribution in [0, 0.1) is 11.7 Å². The highest BCUT2D eigenvalue weighted by atomic mass is 32.2. The second-order valence-corrected chi connectivity index (χ2v) is 14.1. The van der Waals surface area contributed by atoms with Crippen LogP contribution in [0.2, 0.25) is 0 Å². The van der Waals surface area contributed by atoms with Crippen molar-refractivity contribution in [1.82, 2.24) is 4.57 Å². The van der Waals surface area contributed by atoms with Crippen molar-refractivity contribution in [1.29, 1.82) is 0 Å². The predicted molar refractivity (Wildman–Crippen MR) is 160 cm³/mol.